The molecule has 1 fully saturated rings. The van der Waals surface area contributed by atoms with Crippen LogP contribution in [0.1, 0.15) is 32.6 Å². The Morgan fingerprint density at radius 2 is 2.17 bits per heavy atom. The zero-order valence-electron chi connectivity index (χ0n) is 11.4. The van der Waals surface area contributed by atoms with Crippen LogP contribution in [0.15, 0.2) is 12.7 Å². The number of rotatable bonds is 11. The molecule has 4 nitrogen and oxygen atoms in total. The van der Waals surface area contributed by atoms with Crippen LogP contribution in [0, 0.1) is 0 Å². The van der Waals surface area contributed by atoms with Gasteiger partial charge in [-0.25, -0.2) is 0 Å². The van der Waals surface area contributed by atoms with E-state index in [2.05, 4.69) is 13.5 Å². The van der Waals surface area contributed by atoms with Crippen LogP contribution >= 0.6 is 0 Å². The summed E-state index contributed by atoms with van der Waals surface area (Å²) in [5, 5.41) is 0. The minimum absolute atomic E-state index is 0.0377. The average molecular weight is 255 g/mol. The molecule has 1 aliphatic heterocycles. The van der Waals surface area contributed by atoms with Crippen molar-refractivity contribution >= 4 is 5.91 Å². The standard InChI is InChI=1S/C14H25NO3/c1-3-5-8-15(14(16)4-2)9-6-7-10-17-11-13-12-18-13/h4,13H,2-3,5-12H2,1H3. The summed E-state index contributed by atoms with van der Waals surface area (Å²) in [4.78, 5) is 13.5. The molecule has 0 aromatic rings. The Kier molecular flexibility index (Phi) is 7.69. The van der Waals surface area contributed by atoms with Gasteiger partial charge in [0, 0.05) is 19.7 Å². The van der Waals surface area contributed by atoms with E-state index in [9.17, 15) is 4.79 Å². The molecule has 0 radical (unpaired) electrons. The number of ether oxygens (including phenoxy) is 2. The Morgan fingerprint density at radius 3 is 2.78 bits per heavy atom. The van der Waals surface area contributed by atoms with E-state index >= 15 is 0 Å². The zero-order valence-corrected chi connectivity index (χ0v) is 11.4. The van der Waals surface area contributed by atoms with Gasteiger partial charge in [0.25, 0.3) is 0 Å². The lowest BCUT2D eigenvalue weighted by Gasteiger charge is -2.20. The summed E-state index contributed by atoms with van der Waals surface area (Å²) in [5.41, 5.74) is 0. The van der Waals surface area contributed by atoms with Crippen molar-refractivity contribution in [2.45, 2.75) is 38.7 Å². The molecule has 0 aliphatic carbocycles. The van der Waals surface area contributed by atoms with Crippen molar-refractivity contribution in [1.29, 1.82) is 0 Å². The number of hydrogen-bond donors (Lipinski definition) is 0. The first kappa shape index (κ1) is 15.2. The number of carbonyl (C=O) groups excluding carboxylic acids is 1. The summed E-state index contributed by atoms with van der Waals surface area (Å²) in [7, 11) is 0. The van der Waals surface area contributed by atoms with Crippen molar-refractivity contribution < 1.29 is 14.3 Å². The van der Waals surface area contributed by atoms with Crippen molar-refractivity contribution in [3.8, 4) is 0 Å². The highest BCUT2D eigenvalue weighted by atomic mass is 16.6. The summed E-state index contributed by atoms with van der Waals surface area (Å²) < 4.78 is 10.5. The van der Waals surface area contributed by atoms with Gasteiger partial charge in [0.2, 0.25) is 5.91 Å². The van der Waals surface area contributed by atoms with Crippen LogP contribution in [0.25, 0.3) is 0 Å². The second kappa shape index (κ2) is 9.11. The molecule has 0 spiro atoms. The maximum Gasteiger partial charge on any atom is 0.245 e. The third kappa shape index (κ3) is 6.77. The lowest BCUT2D eigenvalue weighted by molar-refractivity contribution is -0.126. The first-order chi connectivity index (χ1) is 8.77. The van der Waals surface area contributed by atoms with Crippen LogP contribution in [0.2, 0.25) is 0 Å². The van der Waals surface area contributed by atoms with Crippen molar-refractivity contribution in [1.82, 2.24) is 4.90 Å². The molecule has 104 valence electrons. The highest BCUT2D eigenvalue weighted by Gasteiger charge is 2.21. The topological polar surface area (TPSA) is 42.1 Å². The minimum Gasteiger partial charge on any atom is -0.379 e. The molecule has 0 saturated carbocycles. The molecule has 18 heavy (non-hydrogen) atoms. The molecule has 1 unspecified atom stereocenters. The normalized spacial score (nSPS) is 17.5. The molecule has 0 N–H and O–H groups in total. The Morgan fingerprint density at radius 1 is 1.44 bits per heavy atom. The summed E-state index contributed by atoms with van der Waals surface area (Å²) in [6, 6.07) is 0. The molecule has 0 bridgehead atoms. The van der Waals surface area contributed by atoms with Gasteiger partial charge in [-0.1, -0.05) is 19.9 Å². The van der Waals surface area contributed by atoms with Gasteiger partial charge >= 0.3 is 0 Å². The second-order valence-electron chi connectivity index (χ2n) is 4.62. The Hall–Kier alpha value is -0.870. The second-order valence-corrected chi connectivity index (χ2v) is 4.62. The van der Waals surface area contributed by atoms with Gasteiger partial charge in [-0.05, 0) is 25.3 Å². The van der Waals surface area contributed by atoms with Crippen LogP contribution in [0.4, 0.5) is 0 Å². The quantitative estimate of drug-likeness (QED) is 0.322. The van der Waals surface area contributed by atoms with Crippen molar-refractivity contribution in [3.05, 3.63) is 12.7 Å². The predicted molar refractivity (Wildman–Crippen MR) is 71.5 cm³/mol. The first-order valence-electron chi connectivity index (χ1n) is 6.88. The molecule has 0 aromatic heterocycles. The Balaban J connectivity index is 2.03. The van der Waals surface area contributed by atoms with Gasteiger partial charge in [0.05, 0.1) is 13.2 Å². The number of hydrogen-bond acceptors (Lipinski definition) is 3. The third-order valence-electron chi connectivity index (χ3n) is 2.94. The molecule has 1 saturated heterocycles. The van der Waals surface area contributed by atoms with Gasteiger partial charge in [0.15, 0.2) is 0 Å². The summed E-state index contributed by atoms with van der Waals surface area (Å²) >= 11 is 0. The van der Waals surface area contributed by atoms with Crippen LogP contribution in [0.5, 0.6) is 0 Å². The largest absolute Gasteiger partial charge is 0.379 e. The average Bonchev–Trinajstić information content (AvgIpc) is 3.20. The van der Waals surface area contributed by atoms with E-state index in [1.54, 1.807) is 0 Å². The predicted octanol–water partition coefficient (Wildman–Crippen LogP) is 2.00. The highest BCUT2D eigenvalue weighted by Crippen LogP contribution is 2.09. The first-order valence-corrected chi connectivity index (χ1v) is 6.88. The number of carbonyl (C=O) groups is 1. The Bertz CT molecular complexity index is 251. The van der Waals surface area contributed by atoms with Gasteiger partial charge in [-0.15, -0.1) is 0 Å². The SMILES string of the molecule is C=CC(=O)N(CCCC)CCCCOCC1CO1. The van der Waals surface area contributed by atoms with Gasteiger partial charge in [-0.3, -0.25) is 4.79 Å². The van der Waals surface area contributed by atoms with E-state index in [-0.39, 0.29) is 5.91 Å². The van der Waals surface area contributed by atoms with Gasteiger partial charge in [0.1, 0.15) is 6.10 Å². The van der Waals surface area contributed by atoms with Crippen LogP contribution < -0.4 is 0 Å². The maximum atomic E-state index is 11.6. The van der Waals surface area contributed by atoms with E-state index in [0.29, 0.717) is 12.7 Å². The fourth-order valence-corrected chi connectivity index (χ4v) is 1.70. The summed E-state index contributed by atoms with van der Waals surface area (Å²) in [5.74, 6) is 0.0377. The fourth-order valence-electron chi connectivity index (χ4n) is 1.70. The molecular formula is C14H25NO3. The highest BCUT2D eigenvalue weighted by molar-refractivity contribution is 5.86. The maximum absolute atomic E-state index is 11.6. The lowest BCUT2D eigenvalue weighted by atomic mass is 10.2. The van der Waals surface area contributed by atoms with Gasteiger partial charge < -0.3 is 14.4 Å². The number of epoxide rings is 1. The van der Waals surface area contributed by atoms with Crippen molar-refractivity contribution in [2.75, 3.05) is 32.9 Å². The number of unbranched alkanes of at least 4 members (excludes halogenated alkanes) is 2. The van der Waals surface area contributed by atoms with Crippen LogP contribution in [0.3, 0.4) is 0 Å². The van der Waals surface area contributed by atoms with Crippen LogP contribution in [-0.4, -0.2) is 49.8 Å². The molecular weight excluding hydrogens is 230 g/mol. The summed E-state index contributed by atoms with van der Waals surface area (Å²) in [6.45, 7) is 9.62. The molecule has 1 rings (SSSR count). The molecule has 0 aromatic carbocycles. The Labute approximate surface area is 110 Å². The van der Waals surface area contributed by atoms with Crippen LogP contribution in [-0.2, 0) is 14.3 Å². The smallest absolute Gasteiger partial charge is 0.245 e. The van der Waals surface area contributed by atoms with E-state index in [0.717, 1.165) is 52.0 Å². The molecule has 1 amide bonds. The molecule has 4 heteroatoms. The van der Waals surface area contributed by atoms with E-state index < -0.39 is 0 Å². The van der Waals surface area contributed by atoms with E-state index in [4.69, 9.17) is 9.47 Å². The number of amides is 1. The summed E-state index contributed by atoms with van der Waals surface area (Å²) in [6.07, 6.45) is 5.86. The minimum atomic E-state index is 0.0377. The van der Waals surface area contributed by atoms with Crippen molar-refractivity contribution in [3.63, 3.8) is 0 Å². The third-order valence-corrected chi connectivity index (χ3v) is 2.94. The molecule has 1 atom stereocenters. The number of nitrogens with zero attached hydrogens (tertiary/aromatic N) is 1. The van der Waals surface area contributed by atoms with Gasteiger partial charge in [-0.2, -0.15) is 0 Å². The molecule has 1 aliphatic rings. The van der Waals surface area contributed by atoms with E-state index in [1.807, 2.05) is 4.90 Å². The van der Waals surface area contributed by atoms with E-state index in [1.165, 1.54) is 6.08 Å². The zero-order chi connectivity index (χ0) is 13.2. The monoisotopic (exact) mass is 255 g/mol. The van der Waals surface area contributed by atoms with Crippen molar-refractivity contribution in [2.24, 2.45) is 0 Å². The molecule has 1 heterocycles. The lowest BCUT2D eigenvalue weighted by Crippen LogP contribution is -2.31. The fraction of sp³-hybridized carbons (Fsp3) is 0.786.